The lowest BCUT2D eigenvalue weighted by Gasteiger charge is -2.31. The Morgan fingerprint density at radius 1 is 1.43 bits per heavy atom. The van der Waals surface area contributed by atoms with Gasteiger partial charge < -0.3 is 10.6 Å². The molecule has 0 unspecified atom stereocenters. The van der Waals surface area contributed by atoms with Gasteiger partial charge in [-0.15, -0.1) is 11.3 Å². The van der Waals surface area contributed by atoms with Gasteiger partial charge in [-0.3, -0.25) is 4.79 Å². The van der Waals surface area contributed by atoms with Gasteiger partial charge >= 0.3 is 0 Å². The molecule has 0 bridgehead atoms. The number of rotatable bonds is 2. The van der Waals surface area contributed by atoms with Gasteiger partial charge in [-0.25, -0.2) is 15.0 Å². The van der Waals surface area contributed by atoms with E-state index in [1.165, 1.54) is 12.4 Å². The zero-order valence-electron chi connectivity index (χ0n) is 11.8. The van der Waals surface area contributed by atoms with Gasteiger partial charge in [0.1, 0.15) is 0 Å². The van der Waals surface area contributed by atoms with Crippen LogP contribution in [0, 0.1) is 6.92 Å². The van der Waals surface area contributed by atoms with Crippen LogP contribution in [0.1, 0.15) is 39.9 Å². The molecule has 3 rings (SSSR count). The van der Waals surface area contributed by atoms with Crippen molar-refractivity contribution in [3.63, 3.8) is 0 Å². The fourth-order valence-corrected chi connectivity index (χ4v) is 3.51. The Hall–Kier alpha value is -2.02. The molecule has 1 saturated heterocycles. The number of anilines is 1. The van der Waals surface area contributed by atoms with Crippen LogP contribution >= 0.6 is 11.3 Å². The number of piperidine rings is 1. The molecular weight excluding hydrogens is 286 g/mol. The fraction of sp³-hybridized carbons (Fsp3) is 0.429. The summed E-state index contributed by atoms with van der Waals surface area (Å²) in [6.07, 6.45) is 5.01. The van der Waals surface area contributed by atoms with Crippen LogP contribution in [0.3, 0.4) is 0 Å². The van der Waals surface area contributed by atoms with Crippen LogP contribution in [0.2, 0.25) is 0 Å². The third kappa shape index (κ3) is 2.87. The molecule has 2 aromatic rings. The highest BCUT2D eigenvalue weighted by molar-refractivity contribution is 7.09. The molecule has 2 N–H and O–H groups in total. The van der Waals surface area contributed by atoms with Gasteiger partial charge in [-0.2, -0.15) is 0 Å². The third-order valence-corrected chi connectivity index (χ3v) is 4.75. The SMILES string of the molecule is Cc1csc([C@@H]2CCCN(C(=O)c3nccnc3N)C2)n1. The molecule has 1 atom stereocenters. The normalized spacial score (nSPS) is 18.7. The number of carbonyl (C=O) groups excluding carboxylic acids is 1. The molecule has 1 fully saturated rings. The van der Waals surface area contributed by atoms with E-state index in [4.69, 9.17) is 5.73 Å². The first-order chi connectivity index (χ1) is 10.1. The molecule has 1 aliphatic rings. The van der Waals surface area contributed by atoms with Crippen molar-refractivity contribution in [3.05, 3.63) is 34.2 Å². The average molecular weight is 303 g/mol. The van der Waals surface area contributed by atoms with Crippen LogP contribution < -0.4 is 5.73 Å². The average Bonchev–Trinajstić information content (AvgIpc) is 2.94. The van der Waals surface area contributed by atoms with E-state index in [1.807, 2.05) is 11.8 Å². The number of amides is 1. The topological polar surface area (TPSA) is 85.0 Å². The molecule has 21 heavy (non-hydrogen) atoms. The number of nitrogens with zero attached hydrogens (tertiary/aromatic N) is 4. The monoisotopic (exact) mass is 303 g/mol. The lowest BCUT2D eigenvalue weighted by atomic mass is 9.98. The minimum atomic E-state index is -0.140. The van der Waals surface area contributed by atoms with Gasteiger partial charge in [0.25, 0.3) is 5.91 Å². The van der Waals surface area contributed by atoms with Crippen LogP contribution in [0.25, 0.3) is 0 Å². The molecular formula is C14H17N5OS. The van der Waals surface area contributed by atoms with Crippen molar-refractivity contribution < 1.29 is 4.79 Å². The predicted molar refractivity (Wildman–Crippen MR) is 81.2 cm³/mol. The van der Waals surface area contributed by atoms with Gasteiger partial charge in [0, 0.05) is 42.5 Å². The summed E-state index contributed by atoms with van der Waals surface area (Å²) in [6.45, 7) is 3.39. The molecule has 110 valence electrons. The van der Waals surface area contributed by atoms with Crippen molar-refractivity contribution in [1.29, 1.82) is 0 Å². The summed E-state index contributed by atoms with van der Waals surface area (Å²) in [5, 5.41) is 3.16. The molecule has 0 spiro atoms. The standard InChI is InChI=1S/C14H17N5OS/c1-9-8-21-13(18-9)10-3-2-6-19(7-10)14(20)11-12(15)17-5-4-16-11/h4-5,8,10H,2-3,6-7H2,1H3,(H2,15,17)/t10-/m1/s1. The van der Waals surface area contributed by atoms with Gasteiger partial charge in [-0.05, 0) is 19.8 Å². The Morgan fingerprint density at radius 3 is 2.95 bits per heavy atom. The molecule has 1 amide bonds. The van der Waals surface area contributed by atoms with E-state index < -0.39 is 0 Å². The summed E-state index contributed by atoms with van der Waals surface area (Å²) in [5.41, 5.74) is 7.03. The zero-order valence-corrected chi connectivity index (χ0v) is 12.6. The van der Waals surface area contributed by atoms with E-state index in [1.54, 1.807) is 11.3 Å². The molecule has 0 aliphatic carbocycles. The first kappa shape index (κ1) is 13.9. The summed E-state index contributed by atoms with van der Waals surface area (Å²) in [6, 6.07) is 0. The molecule has 0 radical (unpaired) electrons. The lowest BCUT2D eigenvalue weighted by Crippen LogP contribution is -2.39. The van der Waals surface area contributed by atoms with Gasteiger partial charge in [0.2, 0.25) is 0 Å². The number of nitrogen functional groups attached to an aromatic ring is 1. The number of aromatic nitrogens is 3. The maximum atomic E-state index is 12.5. The van der Waals surface area contributed by atoms with Crippen molar-refractivity contribution in [1.82, 2.24) is 19.9 Å². The van der Waals surface area contributed by atoms with Crippen molar-refractivity contribution in [2.45, 2.75) is 25.7 Å². The molecule has 6 nitrogen and oxygen atoms in total. The summed E-state index contributed by atoms with van der Waals surface area (Å²) in [7, 11) is 0. The van der Waals surface area contributed by atoms with Gasteiger partial charge in [0.05, 0.1) is 5.01 Å². The van der Waals surface area contributed by atoms with Crippen LogP contribution in [0.15, 0.2) is 17.8 Å². The fourth-order valence-electron chi connectivity index (χ4n) is 2.59. The van der Waals surface area contributed by atoms with E-state index in [2.05, 4.69) is 20.3 Å². The molecule has 7 heteroatoms. The van der Waals surface area contributed by atoms with Crippen LogP contribution in [-0.2, 0) is 0 Å². The third-order valence-electron chi connectivity index (χ3n) is 3.62. The van der Waals surface area contributed by atoms with E-state index in [-0.39, 0.29) is 17.4 Å². The Balaban J connectivity index is 1.77. The van der Waals surface area contributed by atoms with E-state index in [0.29, 0.717) is 12.5 Å². The first-order valence-corrected chi connectivity index (χ1v) is 7.81. The lowest BCUT2D eigenvalue weighted by molar-refractivity contribution is 0.0702. The number of nitrogens with two attached hydrogens (primary N) is 1. The first-order valence-electron chi connectivity index (χ1n) is 6.93. The highest BCUT2D eigenvalue weighted by Gasteiger charge is 2.28. The highest BCUT2D eigenvalue weighted by atomic mass is 32.1. The Morgan fingerprint density at radius 2 is 2.24 bits per heavy atom. The van der Waals surface area contributed by atoms with Crippen LogP contribution in [0.5, 0.6) is 0 Å². The molecule has 0 aromatic carbocycles. The molecule has 2 aromatic heterocycles. The number of carbonyl (C=O) groups is 1. The van der Waals surface area contributed by atoms with Crippen LogP contribution in [0.4, 0.5) is 5.82 Å². The second-order valence-corrected chi connectivity index (χ2v) is 6.10. The minimum absolute atomic E-state index is 0.140. The molecule has 3 heterocycles. The summed E-state index contributed by atoms with van der Waals surface area (Å²) in [5.74, 6) is 0.354. The van der Waals surface area contributed by atoms with E-state index >= 15 is 0 Å². The van der Waals surface area contributed by atoms with Crippen molar-refractivity contribution in [2.75, 3.05) is 18.8 Å². The van der Waals surface area contributed by atoms with Gasteiger partial charge in [0.15, 0.2) is 11.5 Å². The predicted octanol–water partition coefficient (Wildman–Crippen LogP) is 1.84. The maximum Gasteiger partial charge on any atom is 0.276 e. The smallest absolute Gasteiger partial charge is 0.276 e. The minimum Gasteiger partial charge on any atom is -0.382 e. The second kappa shape index (κ2) is 5.77. The quantitative estimate of drug-likeness (QED) is 0.915. The van der Waals surface area contributed by atoms with E-state index in [0.717, 1.165) is 30.1 Å². The van der Waals surface area contributed by atoms with Crippen molar-refractivity contribution in [2.24, 2.45) is 0 Å². The van der Waals surface area contributed by atoms with Gasteiger partial charge in [-0.1, -0.05) is 0 Å². The number of thiazole rings is 1. The van der Waals surface area contributed by atoms with Crippen LogP contribution in [-0.4, -0.2) is 38.8 Å². The number of hydrogen-bond acceptors (Lipinski definition) is 6. The molecule has 1 aliphatic heterocycles. The largest absolute Gasteiger partial charge is 0.382 e. The summed E-state index contributed by atoms with van der Waals surface area (Å²) < 4.78 is 0. The number of aryl methyl sites for hydroxylation is 1. The van der Waals surface area contributed by atoms with Crippen molar-refractivity contribution >= 4 is 23.1 Å². The van der Waals surface area contributed by atoms with E-state index in [9.17, 15) is 4.79 Å². The zero-order chi connectivity index (χ0) is 14.8. The summed E-state index contributed by atoms with van der Waals surface area (Å²) in [4.78, 5) is 26.9. The molecule has 0 saturated carbocycles. The highest BCUT2D eigenvalue weighted by Crippen LogP contribution is 2.29. The Kier molecular flexibility index (Phi) is 3.83. The second-order valence-electron chi connectivity index (χ2n) is 5.21. The number of hydrogen-bond donors (Lipinski definition) is 1. The summed E-state index contributed by atoms with van der Waals surface area (Å²) >= 11 is 1.67. The maximum absolute atomic E-state index is 12.5. The Labute approximate surface area is 127 Å². The number of likely N-dealkylation sites (tertiary alicyclic amines) is 1. The Bertz CT molecular complexity index is 656. The van der Waals surface area contributed by atoms with Crippen molar-refractivity contribution in [3.8, 4) is 0 Å².